The zero-order chi connectivity index (χ0) is 10.1. The highest BCUT2D eigenvalue weighted by Crippen LogP contribution is 2.30. The molecule has 0 saturated carbocycles. The molecule has 0 saturated heterocycles. The summed E-state index contributed by atoms with van der Waals surface area (Å²) in [6, 6.07) is 0. The third-order valence-electron chi connectivity index (χ3n) is 1.34. The van der Waals surface area contributed by atoms with Gasteiger partial charge in [0.1, 0.15) is 10.3 Å². The van der Waals surface area contributed by atoms with Gasteiger partial charge in [-0.1, -0.05) is 18.8 Å². The number of aromatic nitrogens is 2. The van der Waals surface area contributed by atoms with Gasteiger partial charge in [-0.05, 0) is 0 Å². The first-order chi connectivity index (χ1) is 5.93. The van der Waals surface area contributed by atoms with Crippen molar-refractivity contribution in [1.29, 1.82) is 0 Å². The quantitative estimate of drug-likeness (QED) is 0.715. The van der Waals surface area contributed by atoms with Gasteiger partial charge in [0, 0.05) is 12.4 Å². The van der Waals surface area contributed by atoms with E-state index in [1.165, 1.54) is 12.4 Å². The van der Waals surface area contributed by atoms with Crippen molar-refractivity contribution in [2.24, 2.45) is 0 Å². The second-order valence-electron chi connectivity index (χ2n) is 2.24. The first-order valence-electron chi connectivity index (χ1n) is 3.23. The van der Waals surface area contributed by atoms with E-state index in [1.807, 2.05) is 0 Å². The number of hydrogen-bond acceptors (Lipinski definition) is 2. The molecule has 0 fully saturated rings. The van der Waals surface area contributed by atoms with E-state index in [1.54, 1.807) is 0 Å². The zero-order valence-electron chi connectivity index (χ0n) is 6.35. The summed E-state index contributed by atoms with van der Waals surface area (Å²) in [7, 11) is 0. The highest BCUT2D eigenvalue weighted by Gasteiger charge is 2.34. The smallest absolute Gasteiger partial charge is 0.350 e. The summed E-state index contributed by atoms with van der Waals surface area (Å²) >= 11 is 4.62. The number of nitrogens with zero attached hydrogens (tertiary/aromatic N) is 1. The van der Waals surface area contributed by atoms with Crippen molar-refractivity contribution in [3.63, 3.8) is 0 Å². The minimum atomic E-state index is -4.49. The number of aromatic amines is 1. The zero-order valence-corrected chi connectivity index (χ0v) is 7.17. The molecule has 0 radical (unpaired) electrons. The molecular formula is C7H5F3N2S. The lowest BCUT2D eigenvalue weighted by atomic mass is 10.2. The second kappa shape index (κ2) is 3.29. The first kappa shape index (κ1) is 9.91. The van der Waals surface area contributed by atoms with Crippen molar-refractivity contribution in [2.75, 3.05) is 0 Å². The fourth-order valence-electron chi connectivity index (χ4n) is 0.701. The van der Waals surface area contributed by atoms with E-state index >= 15 is 0 Å². The molecule has 0 aliphatic heterocycles. The van der Waals surface area contributed by atoms with Gasteiger partial charge in [-0.2, -0.15) is 13.2 Å². The van der Waals surface area contributed by atoms with E-state index in [0.29, 0.717) is 0 Å². The number of rotatable bonds is 1. The lowest BCUT2D eigenvalue weighted by molar-refractivity contribution is -0.0689. The van der Waals surface area contributed by atoms with Gasteiger partial charge in [0.15, 0.2) is 0 Å². The second-order valence-corrected chi connectivity index (χ2v) is 2.65. The van der Waals surface area contributed by atoms with Crippen LogP contribution in [0.5, 0.6) is 0 Å². The van der Waals surface area contributed by atoms with Gasteiger partial charge in [-0.15, -0.1) is 0 Å². The van der Waals surface area contributed by atoms with Crippen molar-refractivity contribution >= 4 is 17.8 Å². The van der Waals surface area contributed by atoms with Crippen molar-refractivity contribution in [2.45, 2.75) is 6.18 Å². The van der Waals surface area contributed by atoms with Crippen LogP contribution in [0.15, 0.2) is 19.0 Å². The van der Waals surface area contributed by atoms with Crippen LogP contribution in [0.4, 0.5) is 13.2 Å². The Hall–Kier alpha value is -1.17. The minimum absolute atomic E-state index is 0.0650. The van der Waals surface area contributed by atoms with Gasteiger partial charge in [0.25, 0.3) is 0 Å². The van der Waals surface area contributed by atoms with Crippen molar-refractivity contribution < 1.29 is 13.2 Å². The Kier molecular flexibility index (Phi) is 2.51. The Bertz CT molecular complexity index is 380. The molecule has 13 heavy (non-hydrogen) atoms. The van der Waals surface area contributed by atoms with Gasteiger partial charge >= 0.3 is 6.18 Å². The van der Waals surface area contributed by atoms with Crippen LogP contribution in [0, 0.1) is 4.64 Å². The van der Waals surface area contributed by atoms with E-state index in [4.69, 9.17) is 0 Å². The van der Waals surface area contributed by atoms with Gasteiger partial charge in [-0.25, -0.2) is 0 Å². The number of H-pyrrole nitrogens is 1. The molecule has 0 unspecified atom stereocenters. The van der Waals surface area contributed by atoms with Crippen LogP contribution in [-0.4, -0.2) is 16.1 Å². The summed E-state index contributed by atoms with van der Waals surface area (Å²) in [6.45, 7) is 2.88. The topological polar surface area (TPSA) is 28.7 Å². The third kappa shape index (κ3) is 2.15. The van der Waals surface area contributed by atoms with Crippen molar-refractivity contribution in [3.05, 3.63) is 29.3 Å². The summed E-state index contributed by atoms with van der Waals surface area (Å²) in [4.78, 5) is 5.93. The number of alkyl halides is 3. The van der Waals surface area contributed by atoms with Crippen LogP contribution in [0.1, 0.15) is 5.69 Å². The molecule has 0 spiro atoms. The van der Waals surface area contributed by atoms with Gasteiger partial charge in [-0.3, -0.25) is 4.98 Å². The highest BCUT2D eigenvalue weighted by molar-refractivity contribution is 7.71. The van der Waals surface area contributed by atoms with Crippen LogP contribution in [-0.2, 0) is 0 Å². The Morgan fingerprint density at radius 1 is 1.54 bits per heavy atom. The summed E-state index contributed by atoms with van der Waals surface area (Å²) in [5, 5.41) is 0. The molecule has 0 aliphatic carbocycles. The average Bonchev–Trinajstić information content (AvgIpc) is 2.02. The van der Waals surface area contributed by atoms with Gasteiger partial charge in [0.05, 0.1) is 5.57 Å². The lowest BCUT2D eigenvalue weighted by Gasteiger charge is -2.08. The molecule has 2 nitrogen and oxygen atoms in total. The minimum Gasteiger partial charge on any atom is -0.350 e. The van der Waals surface area contributed by atoms with Crippen molar-refractivity contribution in [3.8, 4) is 0 Å². The Labute approximate surface area is 77.1 Å². The molecule has 0 amide bonds. The molecule has 0 aromatic carbocycles. The molecule has 1 aromatic rings. The molecular weight excluding hydrogens is 201 g/mol. The van der Waals surface area contributed by atoms with E-state index in [0.717, 1.165) is 0 Å². The largest absolute Gasteiger partial charge is 0.418 e. The predicted molar refractivity (Wildman–Crippen MR) is 44.5 cm³/mol. The standard InChI is InChI=1S/C7H5F3N2S/c1-4(7(8,9)10)5-6(13)12-3-2-11-5/h2-3H,1H2,(H,12,13). The Balaban J connectivity index is 3.18. The van der Waals surface area contributed by atoms with Crippen LogP contribution >= 0.6 is 12.2 Å². The maximum absolute atomic E-state index is 12.1. The summed E-state index contributed by atoms with van der Waals surface area (Å²) < 4.78 is 36.3. The number of allylic oxidation sites excluding steroid dienone is 1. The SMILES string of the molecule is C=C(c1ncc[nH]c1=S)C(F)(F)F. The number of halogens is 3. The number of hydrogen-bond donors (Lipinski definition) is 1. The molecule has 6 heteroatoms. The van der Waals surface area contributed by atoms with Gasteiger partial charge in [0.2, 0.25) is 0 Å². The third-order valence-corrected chi connectivity index (χ3v) is 1.65. The first-order valence-corrected chi connectivity index (χ1v) is 3.64. The highest BCUT2D eigenvalue weighted by atomic mass is 32.1. The lowest BCUT2D eigenvalue weighted by Crippen LogP contribution is -2.11. The molecule has 1 aromatic heterocycles. The monoisotopic (exact) mass is 206 g/mol. The van der Waals surface area contributed by atoms with Crippen LogP contribution < -0.4 is 0 Å². The number of nitrogens with one attached hydrogen (secondary N) is 1. The van der Waals surface area contributed by atoms with Crippen LogP contribution in [0.3, 0.4) is 0 Å². The Morgan fingerprint density at radius 3 is 2.62 bits per heavy atom. The fraction of sp³-hybridized carbons (Fsp3) is 0.143. The Morgan fingerprint density at radius 2 is 2.15 bits per heavy atom. The molecule has 1 rings (SSSR count). The molecule has 0 bridgehead atoms. The molecule has 70 valence electrons. The summed E-state index contributed by atoms with van der Waals surface area (Å²) in [6.07, 6.45) is -1.94. The normalized spacial score (nSPS) is 11.3. The molecule has 0 aliphatic rings. The average molecular weight is 206 g/mol. The molecule has 1 heterocycles. The summed E-state index contributed by atoms with van der Waals surface area (Å²) in [5.74, 6) is 0. The van der Waals surface area contributed by atoms with Crippen molar-refractivity contribution in [1.82, 2.24) is 9.97 Å². The van der Waals surface area contributed by atoms with E-state index in [9.17, 15) is 13.2 Å². The molecule has 0 atom stereocenters. The summed E-state index contributed by atoms with van der Waals surface area (Å²) in [5.41, 5.74) is -1.36. The predicted octanol–water partition coefficient (Wildman–Crippen LogP) is 2.71. The van der Waals surface area contributed by atoms with E-state index in [-0.39, 0.29) is 10.3 Å². The maximum Gasteiger partial charge on any atom is 0.418 e. The van der Waals surface area contributed by atoms with Crippen LogP contribution in [0.2, 0.25) is 0 Å². The van der Waals surface area contributed by atoms with E-state index < -0.39 is 11.7 Å². The molecule has 1 N–H and O–H groups in total. The van der Waals surface area contributed by atoms with Gasteiger partial charge < -0.3 is 4.98 Å². The maximum atomic E-state index is 12.1. The van der Waals surface area contributed by atoms with Crippen LogP contribution in [0.25, 0.3) is 5.57 Å². The fourth-order valence-corrected chi connectivity index (χ4v) is 0.945. The van der Waals surface area contributed by atoms with E-state index in [2.05, 4.69) is 28.8 Å².